The molecule has 158 valence electrons. The lowest BCUT2D eigenvalue weighted by Gasteiger charge is -2.34. The number of rotatable bonds is 5. The van der Waals surface area contributed by atoms with Crippen LogP contribution in [0.2, 0.25) is 0 Å². The summed E-state index contributed by atoms with van der Waals surface area (Å²) in [6, 6.07) is 24.1. The van der Waals surface area contributed by atoms with Crippen LogP contribution in [0.5, 0.6) is 0 Å². The predicted molar refractivity (Wildman–Crippen MR) is 125 cm³/mol. The van der Waals surface area contributed by atoms with Crippen molar-refractivity contribution in [1.82, 2.24) is 14.7 Å². The number of benzene rings is 3. The molecule has 3 aromatic carbocycles. The number of hydrogen-bond acceptors (Lipinski definition) is 4. The zero-order valence-corrected chi connectivity index (χ0v) is 18.4. The first-order chi connectivity index (χ1) is 15.1. The smallest absolute Gasteiger partial charge is 0.323 e. The molecular formula is C25H26N4OS. The summed E-state index contributed by atoms with van der Waals surface area (Å²) in [5, 5.41) is 13.2. The van der Waals surface area contributed by atoms with Crippen LogP contribution >= 0.6 is 11.9 Å². The van der Waals surface area contributed by atoms with Crippen LogP contribution < -0.4 is 4.83 Å². The summed E-state index contributed by atoms with van der Waals surface area (Å²) in [5.41, 5.74) is 1.52. The Morgan fingerprint density at radius 1 is 1.10 bits per heavy atom. The van der Waals surface area contributed by atoms with Crippen LogP contribution in [0.15, 0.2) is 71.6 Å². The third-order valence-corrected chi connectivity index (χ3v) is 6.48. The zero-order valence-electron chi connectivity index (χ0n) is 17.6. The summed E-state index contributed by atoms with van der Waals surface area (Å²) in [5.74, 6) is 0.657. The minimum atomic E-state index is -0.0254. The van der Waals surface area contributed by atoms with Gasteiger partial charge in [-0.15, -0.1) is 0 Å². The molecule has 0 bridgehead atoms. The molecule has 5 nitrogen and oxygen atoms in total. The molecule has 1 N–H and O–H groups in total. The predicted octanol–water partition coefficient (Wildman–Crippen LogP) is 5.58. The second kappa shape index (κ2) is 9.86. The summed E-state index contributed by atoms with van der Waals surface area (Å²) in [6.07, 6.45) is 2.06. The average molecular weight is 431 g/mol. The Hall–Kier alpha value is -3.01. The molecular weight excluding hydrogens is 404 g/mol. The molecule has 0 saturated carbocycles. The number of nitrogens with one attached hydrogen (secondary N) is 1. The quantitative estimate of drug-likeness (QED) is 0.424. The van der Waals surface area contributed by atoms with Gasteiger partial charge in [0.25, 0.3) is 0 Å². The SMILES string of the molecule is CC1CCN(C(=O)N(Cc2cccc(C#N)c2)NSc2ccc3ccccc3c2)CC1. The van der Waals surface area contributed by atoms with Crippen molar-refractivity contribution in [2.45, 2.75) is 31.2 Å². The van der Waals surface area contributed by atoms with Crippen LogP contribution in [0.25, 0.3) is 10.8 Å². The molecule has 0 aromatic heterocycles. The van der Waals surface area contributed by atoms with E-state index in [4.69, 9.17) is 0 Å². The fourth-order valence-electron chi connectivity index (χ4n) is 3.77. The molecule has 2 amide bonds. The molecule has 1 aliphatic heterocycles. The molecule has 31 heavy (non-hydrogen) atoms. The molecule has 0 aliphatic carbocycles. The zero-order chi connectivity index (χ0) is 21.6. The standard InChI is InChI=1S/C25H26N4OS/c1-19-11-13-28(14-12-19)25(30)29(18-21-6-4-5-20(15-21)17-26)27-31-24-10-9-22-7-2-3-8-23(22)16-24/h2-10,15-16,19,27H,11-14,18H2,1H3. The van der Waals surface area contributed by atoms with Gasteiger partial charge in [0, 0.05) is 18.0 Å². The van der Waals surface area contributed by atoms with E-state index in [1.165, 1.54) is 22.7 Å². The highest BCUT2D eigenvalue weighted by Crippen LogP contribution is 2.24. The Bertz CT molecular complexity index is 1100. The second-order valence-electron chi connectivity index (χ2n) is 8.05. The number of carbonyl (C=O) groups is 1. The first kappa shape index (κ1) is 21.2. The maximum Gasteiger partial charge on any atom is 0.335 e. The van der Waals surface area contributed by atoms with E-state index in [-0.39, 0.29) is 6.03 Å². The number of nitriles is 1. The first-order valence-electron chi connectivity index (χ1n) is 10.6. The van der Waals surface area contributed by atoms with Crippen molar-refractivity contribution in [1.29, 1.82) is 5.26 Å². The summed E-state index contributed by atoms with van der Waals surface area (Å²) < 4.78 is 0. The largest absolute Gasteiger partial charge is 0.335 e. The number of piperidine rings is 1. The van der Waals surface area contributed by atoms with Gasteiger partial charge in [-0.1, -0.05) is 49.4 Å². The molecule has 1 saturated heterocycles. The van der Waals surface area contributed by atoms with Crippen molar-refractivity contribution < 1.29 is 4.79 Å². The third-order valence-electron chi connectivity index (χ3n) is 5.68. The molecule has 6 heteroatoms. The van der Waals surface area contributed by atoms with Gasteiger partial charge in [-0.3, -0.25) is 0 Å². The van der Waals surface area contributed by atoms with Gasteiger partial charge >= 0.3 is 6.03 Å². The monoisotopic (exact) mass is 430 g/mol. The molecule has 0 atom stereocenters. The van der Waals surface area contributed by atoms with Gasteiger partial charge in [0.1, 0.15) is 0 Å². The van der Waals surface area contributed by atoms with Crippen LogP contribution in [0.4, 0.5) is 4.79 Å². The number of hydrogen-bond donors (Lipinski definition) is 1. The van der Waals surface area contributed by atoms with Crippen molar-refractivity contribution in [3.63, 3.8) is 0 Å². The van der Waals surface area contributed by atoms with E-state index < -0.39 is 0 Å². The van der Waals surface area contributed by atoms with E-state index in [9.17, 15) is 10.1 Å². The van der Waals surface area contributed by atoms with Gasteiger partial charge in [-0.25, -0.2) is 9.80 Å². The number of amides is 2. The number of likely N-dealkylation sites (tertiary alicyclic amines) is 1. The fraction of sp³-hybridized carbons (Fsp3) is 0.280. The van der Waals surface area contributed by atoms with E-state index in [2.05, 4.69) is 48.2 Å². The van der Waals surface area contributed by atoms with Crippen LogP contribution in [0.1, 0.15) is 30.9 Å². The molecule has 0 radical (unpaired) electrons. The van der Waals surface area contributed by atoms with Gasteiger partial charge in [-0.05, 0) is 71.3 Å². The van der Waals surface area contributed by atoms with Crippen LogP contribution in [-0.2, 0) is 6.54 Å². The minimum Gasteiger partial charge on any atom is -0.323 e. The van der Waals surface area contributed by atoms with Crippen molar-refractivity contribution in [3.05, 3.63) is 77.9 Å². The molecule has 4 rings (SSSR count). The number of nitrogens with zero attached hydrogens (tertiary/aromatic N) is 3. The van der Waals surface area contributed by atoms with Crippen LogP contribution in [0.3, 0.4) is 0 Å². The Balaban J connectivity index is 1.51. The number of urea groups is 1. The lowest BCUT2D eigenvalue weighted by Crippen LogP contribution is -2.49. The van der Waals surface area contributed by atoms with E-state index in [0.29, 0.717) is 18.0 Å². The highest BCUT2D eigenvalue weighted by Gasteiger charge is 2.25. The lowest BCUT2D eigenvalue weighted by molar-refractivity contribution is 0.126. The maximum atomic E-state index is 13.3. The van der Waals surface area contributed by atoms with Gasteiger partial charge < -0.3 is 4.90 Å². The highest BCUT2D eigenvalue weighted by molar-refractivity contribution is 7.97. The molecule has 3 aromatic rings. The molecule has 0 spiro atoms. The van der Waals surface area contributed by atoms with Crippen molar-refractivity contribution in [2.24, 2.45) is 5.92 Å². The maximum absolute atomic E-state index is 13.3. The fourth-order valence-corrected chi connectivity index (χ4v) is 4.45. The van der Waals surface area contributed by atoms with E-state index in [0.717, 1.165) is 36.4 Å². The van der Waals surface area contributed by atoms with Gasteiger partial charge in [0.15, 0.2) is 0 Å². The van der Waals surface area contributed by atoms with E-state index in [1.54, 1.807) is 11.1 Å². The van der Waals surface area contributed by atoms with Gasteiger partial charge in [0.05, 0.1) is 18.2 Å². The molecule has 1 heterocycles. The molecule has 1 fully saturated rings. The van der Waals surface area contributed by atoms with Crippen molar-refractivity contribution in [3.8, 4) is 6.07 Å². The van der Waals surface area contributed by atoms with E-state index in [1.807, 2.05) is 35.2 Å². The van der Waals surface area contributed by atoms with Crippen LogP contribution in [0, 0.1) is 17.2 Å². The Kier molecular flexibility index (Phi) is 6.76. The topological polar surface area (TPSA) is 59.4 Å². The third kappa shape index (κ3) is 5.38. The van der Waals surface area contributed by atoms with Gasteiger partial charge in [0.2, 0.25) is 0 Å². The second-order valence-corrected chi connectivity index (χ2v) is 8.91. The normalized spacial score (nSPS) is 14.4. The Morgan fingerprint density at radius 3 is 2.65 bits per heavy atom. The van der Waals surface area contributed by atoms with Crippen molar-refractivity contribution in [2.75, 3.05) is 13.1 Å². The summed E-state index contributed by atoms with van der Waals surface area (Å²) in [7, 11) is 0. The number of hydrazine groups is 1. The first-order valence-corrected chi connectivity index (χ1v) is 11.4. The molecule has 0 unspecified atom stereocenters. The minimum absolute atomic E-state index is 0.0254. The lowest BCUT2D eigenvalue weighted by atomic mass is 10.00. The van der Waals surface area contributed by atoms with E-state index >= 15 is 0 Å². The highest BCUT2D eigenvalue weighted by atomic mass is 32.2. The summed E-state index contributed by atoms with van der Waals surface area (Å²) in [4.78, 5) is 19.5. The average Bonchev–Trinajstić information content (AvgIpc) is 2.81. The Labute approximate surface area is 187 Å². The summed E-state index contributed by atoms with van der Waals surface area (Å²) in [6.45, 7) is 4.18. The number of fused-ring (bicyclic) bond motifs is 1. The Morgan fingerprint density at radius 2 is 1.87 bits per heavy atom. The number of carbonyl (C=O) groups excluding carboxylic acids is 1. The van der Waals surface area contributed by atoms with Crippen LogP contribution in [-0.4, -0.2) is 29.0 Å². The molecule has 1 aliphatic rings. The van der Waals surface area contributed by atoms with Gasteiger partial charge in [-0.2, -0.15) is 10.1 Å². The summed E-state index contributed by atoms with van der Waals surface area (Å²) >= 11 is 1.43. The van der Waals surface area contributed by atoms with Crippen molar-refractivity contribution >= 4 is 28.8 Å².